The van der Waals surface area contributed by atoms with Gasteiger partial charge in [-0.05, 0) is 67.5 Å². The fraction of sp³-hybridized carbons (Fsp3) is 0.455. The molecular weight excluding hydrogens is 345 g/mol. The summed E-state index contributed by atoms with van der Waals surface area (Å²) >= 11 is 1.90. The fourth-order valence-electron chi connectivity index (χ4n) is 4.82. The first-order valence-electron chi connectivity index (χ1n) is 9.66. The SMILES string of the molecule is O=C1CCCC2=C1C(c1ccc(F)c(C3=CCCC3)c1)C1SCCC1=N2. The molecule has 0 saturated carbocycles. The fourth-order valence-corrected chi connectivity index (χ4v) is 6.25. The summed E-state index contributed by atoms with van der Waals surface area (Å²) in [5, 5.41) is 0.242. The molecule has 0 aromatic heterocycles. The van der Waals surface area contributed by atoms with Gasteiger partial charge in [0.1, 0.15) is 5.82 Å². The zero-order valence-corrected chi connectivity index (χ0v) is 15.6. The van der Waals surface area contributed by atoms with Crippen molar-refractivity contribution in [3.05, 3.63) is 52.5 Å². The molecule has 2 aliphatic heterocycles. The minimum atomic E-state index is -0.144. The van der Waals surface area contributed by atoms with Crippen LogP contribution in [-0.4, -0.2) is 22.5 Å². The highest BCUT2D eigenvalue weighted by atomic mass is 32.2. The van der Waals surface area contributed by atoms with Gasteiger partial charge in [-0.15, -0.1) is 0 Å². The van der Waals surface area contributed by atoms with Crippen LogP contribution in [0.25, 0.3) is 5.57 Å². The number of allylic oxidation sites excluding steroid dienone is 4. The summed E-state index contributed by atoms with van der Waals surface area (Å²) in [5.41, 5.74) is 6.10. The molecule has 5 rings (SSSR count). The number of carbonyl (C=O) groups excluding carboxylic acids is 1. The molecule has 2 aliphatic carbocycles. The van der Waals surface area contributed by atoms with Crippen molar-refractivity contribution in [3.63, 3.8) is 0 Å². The summed E-state index contributed by atoms with van der Waals surface area (Å²) in [7, 11) is 0. The van der Waals surface area contributed by atoms with Crippen LogP contribution in [0.4, 0.5) is 4.39 Å². The normalized spacial score (nSPS) is 28.0. The number of halogens is 1. The van der Waals surface area contributed by atoms with Crippen molar-refractivity contribution in [1.29, 1.82) is 0 Å². The van der Waals surface area contributed by atoms with E-state index in [-0.39, 0.29) is 22.8 Å². The van der Waals surface area contributed by atoms with Crippen molar-refractivity contribution in [2.75, 3.05) is 5.75 Å². The molecular formula is C22H22FNOS. The number of rotatable bonds is 2. The highest BCUT2D eigenvalue weighted by Crippen LogP contribution is 2.48. The number of carbonyl (C=O) groups is 1. The van der Waals surface area contributed by atoms with E-state index in [0.29, 0.717) is 6.42 Å². The second kappa shape index (κ2) is 6.49. The van der Waals surface area contributed by atoms with Gasteiger partial charge in [-0.2, -0.15) is 11.8 Å². The molecule has 26 heavy (non-hydrogen) atoms. The second-order valence-electron chi connectivity index (χ2n) is 7.62. The lowest BCUT2D eigenvalue weighted by Gasteiger charge is -2.33. The molecule has 2 heterocycles. The monoisotopic (exact) mass is 367 g/mol. The first-order valence-corrected chi connectivity index (χ1v) is 10.7. The van der Waals surface area contributed by atoms with Crippen LogP contribution in [0.1, 0.15) is 62.0 Å². The third-order valence-corrected chi connectivity index (χ3v) is 7.38. The van der Waals surface area contributed by atoms with E-state index >= 15 is 0 Å². The molecule has 0 amide bonds. The van der Waals surface area contributed by atoms with Gasteiger partial charge in [0.2, 0.25) is 0 Å². The van der Waals surface area contributed by atoms with E-state index in [0.717, 1.165) is 72.2 Å². The Morgan fingerprint density at radius 3 is 2.88 bits per heavy atom. The maximum absolute atomic E-state index is 14.5. The van der Waals surface area contributed by atoms with Gasteiger partial charge in [0.15, 0.2) is 5.78 Å². The van der Waals surface area contributed by atoms with Crippen LogP contribution in [0.2, 0.25) is 0 Å². The number of hydrogen-bond donors (Lipinski definition) is 0. The summed E-state index contributed by atoms with van der Waals surface area (Å²) in [6.45, 7) is 0. The van der Waals surface area contributed by atoms with Gasteiger partial charge in [0, 0.05) is 34.9 Å². The van der Waals surface area contributed by atoms with Crippen LogP contribution < -0.4 is 0 Å². The standard InChI is InChI=1S/C22H22FNOS/c23-16-9-8-14(12-15(16)13-4-1-2-5-13)20-21-17(6-3-7-19(21)25)24-18-10-11-26-22(18)20/h4,8-9,12,20,22H,1-3,5-7,10-11H2. The Labute approximate surface area is 157 Å². The highest BCUT2D eigenvalue weighted by Gasteiger charge is 2.42. The quantitative estimate of drug-likeness (QED) is 0.696. The molecule has 134 valence electrons. The first kappa shape index (κ1) is 16.5. The number of nitrogens with zero attached hydrogens (tertiary/aromatic N) is 1. The maximum Gasteiger partial charge on any atom is 0.161 e. The Morgan fingerprint density at radius 2 is 2.04 bits per heavy atom. The molecule has 2 atom stereocenters. The van der Waals surface area contributed by atoms with Gasteiger partial charge in [-0.3, -0.25) is 9.79 Å². The Bertz CT molecular complexity index is 882. The molecule has 2 nitrogen and oxygen atoms in total. The van der Waals surface area contributed by atoms with Gasteiger partial charge in [0.05, 0.1) is 5.25 Å². The number of hydrogen-bond acceptors (Lipinski definition) is 3. The Morgan fingerprint density at radius 1 is 1.12 bits per heavy atom. The van der Waals surface area contributed by atoms with Crippen molar-refractivity contribution in [3.8, 4) is 0 Å². The molecule has 0 spiro atoms. The van der Waals surface area contributed by atoms with Crippen molar-refractivity contribution >= 4 is 28.8 Å². The van der Waals surface area contributed by atoms with Gasteiger partial charge < -0.3 is 0 Å². The highest BCUT2D eigenvalue weighted by molar-refractivity contribution is 8.01. The molecule has 1 saturated heterocycles. The minimum absolute atomic E-state index is 0.0409. The van der Waals surface area contributed by atoms with Crippen molar-refractivity contribution in [2.24, 2.45) is 4.99 Å². The lowest BCUT2D eigenvalue weighted by molar-refractivity contribution is -0.116. The van der Waals surface area contributed by atoms with Crippen LogP contribution >= 0.6 is 11.8 Å². The predicted molar refractivity (Wildman–Crippen MR) is 105 cm³/mol. The van der Waals surface area contributed by atoms with Gasteiger partial charge in [-0.25, -0.2) is 4.39 Å². The van der Waals surface area contributed by atoms with Gasteiger partial charge in [-0.1, -0.05) is 12.1 Å². The van der Waals surface area contributed by atoms with E-state index in [1.54, 1.807) is 6.07 Å². The Kier molecular flexibility index (Phi) is 4.11. The predicted octanol–water partition coefficient (Wildman–Crippen LogP) is 5.44. The molecule has 0 bridgehead atoms. The van der Waals surface area contributed by atoms with E-state index < -0.39 is 0 Å². The van der Waals surface area contributed by atoms with Gasteiger partial charge >= 0.3 is 0 Å². The van der Waals surface area contributed by atoms with Crippen molar-refractivity contribution in [2.45, 2.75) is 56.1 Å². The number of aliphatic imine (C=N–C) groups is 1. The largest absolute Gasteiger partial charge is 0.294 e. The third-order valence-electron chi connectivity index (χ3n) is 6.04. The topological polar surface area (TPSA) is 29.4 Å². The van der Waals surface area contributed by atoms with E-state index in [9.17, 15) is 9.18 Å². The van der Waals surface area contributed by atoms with Crippen LogP contribution in [0.15, 0.2) is 40.5 Å². The number of fused-ring (bicyclic) bond motifs is 1. The van der Waals surface area contributed by atoms with Crippen LogP contribution in [-0.2, 0) is 4.79 Å². The third kappa shape index (κ3) is 2.61. The summed E-state index contributed by atoms with van der Waals surface area (Å²) in [5.74, 6) is 1.21. The van der Waals surface area contributed by atoms with Crippen LogP contribution in [0.5, 0.6) is 0 Å². The average molecular weight is 367 g/mol. The van der Waals surface area contributed by atoms with Crippen molar-refractivity contribution in [1.82, 2.24) is 0 Å². The number of thioether (sulfide) groups is 1. The lowest BCUT2D eigenvalue weighted by atomic mass is 9.76. The Hall–Kier alpha value is -1.68. The Balaban J connectivity index is 1.64. The van der Waals surface area contributed by atoms with Crippen LogP contribution in [0.3, 0.4) is 0 Å². The zero-order valence-electron chi connectivity index (χ0n) is 14.8. The summed E-state index contributed by atoms with van der Waals surface area (Å²) in [6.07, 6.45) is 8.68. The molecule has 4 aliphatic rings. The molecule has 0 N–H and O–H groups in total. The first-order chi connectivity index (χ1) is 12.7. The number of ketones is 1. The molecule has 2 unspecified atom stereocenters. The van der Waals surface area contributed by atoms with E-state index in [2.05, 4.69) is 6.08 Å². The maximum atomic E-state index is 14.5. The summed E-state index contributed by atoms with van der Waals surface area (Å²) in [4.78, 5) is 17.7. The molecule has 1 aromatic rings. The lowest BCUT2D eigenvalue weighted by Crippen LogP contribution is -2.32. The van der Waals surface area contributed by atoms with Gasteiger partial charge in [0.25, 0.3) is 0 Å². The van der Waals surface area contributed by atoms with E-state index in [4.69, 9.17) is 4.99 Å². The summed E-state index contributed by atoms with van der Waals surface area (Å²) < 4.78 is 14.5. The zero-order chi connectivity index (χ0) is 17.7. The van der Waals surface area contributed by atoms with Crippen molar-refractivity contribution < 1.29 is 9.18 Å². The smallest absolute Gasteiger partial charge is 0.161 e. The molecule has 1 fully saturated rings. The molecule has 1 aromatic carbocycles. The number of Topliss-reactive ketones (excluding diaryl/α,β-unsaturated/α-hetero) is 1. The average Bonchev–Trinajstić information content (AvgIpc) is 3.32. The second-order valence-corrected chi connectivity index (χ2v) is 8.87. The molecule has 4 heteroatoms. The molecule has 0 radical (unpaired) electrons. The van der Waals surface area contributed by atoms with E-state index in [1.165, 1.54) is 5.71 Å². The summed E-state index contributed by atoms with van der Waals surface area (Å²) in [6, 6.07) is 5.52. The minimum Gasteiger partial charge on any atom is -0.294 e. The number of benzene rings is 1. The van der Waals surface area contributed by atoms with E-state index in [1.807, 2.05) is 23.9 Å². The van der Waals surface area contributed by atoms with Crippen LogP contribution in [0, 0.1) is 5.82 Å².